The van der Waals surface area contributed by atoms with Gasteiger partial charge in [-0.3, -0.25) is 14.3 Å². The van der Waals surface area contributed by atoms with Gasteiger partial charge in [-0.2, -0.15) is 5.10 Å². The lowest BCUT2D eigenvalue weighted by Crippen LogP contribution is -2.25. The smallest absolute Gasteiger partial charge is 0.305 e. The highest BCUT2D eigenvalue weighted by Crippen LogP contribution is 2.35. The first-order valence-electron chi connectivity index (χ1n) is 10.6. The van der Waals surface area contributed by atoms with Gasteiger partial charge in [0.1, 0.15) is 5.82 Å². The number of carboxylic acids is 1. The van der Waals surface area contributed by atoms with Crippen molar-refractivity contribution in [1.82, 2.24) is 15.1 Å². The van der Waals surface area contributed by atoms with E-state index in [-0.39, 0.29) is 30.7 Å². The summed E-state index contributed by atoms with van der Waals surface area (Å²) in [6.45, 7) is 2.00. The molecule has 0 aliphatic heterocycles. The second-order valence-electron chi connectivity index (χ2n) is 7.80. The monoisotopic (exact) mass is 531 g/mol. The average Bonchev–Trinajstić information content (AvgIpc) is 3.46. The summed E-state index contributed by atoms with van der Waals surface area (Å²) >= 11 is 13.7. The number of rotatable bonds is 8. The Morgan fingerprint density at radius 1 is 1.06 bits per heavy atom. The zero-order valence-corrected chi connectivity index (χ0v) is 20.8. The fourth-order valence-electron chi connectivity index (χ4n) is 3.56. The molecule has 1 amide bonds. The van der Waals surface area contributed by atoms with E-state index >= 15 is 0 Å². The van der Waals surface area contributed by atoms with Crippen LogP contribution in [0, 0.1) is 5.82 Å². The lowest BCUT2D eigenvalue weighted by atomic mass is 10.1. The second kappa shape index (κ2) is 10.6. The Labute approximate surface area is 214 Å². The van der Waals surface area contributed by atoms with E-state index < -0.39 is 5.97 Å². The topological polar surface area (TPSA) is 84.2 Å². The fourth-order valence-corrected chi connectivity index (χ4v) is 5.05. The summed E-state index contributed by atoms with van der Waals surface area (Å²) in [5.41, 5.74) is 2.91. The maximum Gasteiger partial charge on any atom is 0.305 e. The standard InChI is InChI=1S/C25H20Cl2FN3O3S/c1-14(22-6-7-23(35-22)25(34)29-9-8-24(32)33)31-21(15-2-4-19(28)5-3-15)13-20(30-31)16-10-17(26)12-18(27)11-16/h2-7,10-14H,8-9H2,1H3,(H,29,34)(H,32,33)/t14-/m1/s1. The van der Waals surface area contributed by atoms with E-state index in [4.69, 9.17) is 33.4 Å². The molecule has 0 fully saturated rings. The first-order valence-corrected chi connectivity index (χ1v) is 12.2. The van der Waals surface area contributed by atoms with E-state index in [0.29, 0.717) is 20.6 Å². The minimum atomic E-state index is -0.977. The number of amides is 1. The zero-order chi connectivity index (χ0) is 25.1. The van der Waals surface area contributed by atoms with Gasteiger partial charge < -0.3 is 10.4 Å². The Kier molecular flexibility index (Phi) is 7.54. The van der Waals surface area contributed by atoms with Crippen LogP contribution < -0.4 is 5.32 Å². The van der Waals surface area contributed by atoms with Gasteiger partial charge in [0.05, 0.1) is 28.7 Å². The molecular formula is C25H20Cl2FN3O3S. The number of halogens is 3. The number of carbonyl (C=O) groups is 2. The summed E-state index contributed by atoms with van der Waals surface area (Å²) < 4.78 is 15.4. The zero-order valence-electron chi connectivity index (χ0n) is 18.5. The summed E-state index contributed by atoms with van der Waals surface area (Å²) in [6, 6.07) is 16.5. The van der Waals surface area contributed by atoms with Crippen molar-refractivity contribution in [3.63, 3.8) is 0 Å². The number of nitrogens with one attached hydrogen (secondary N) is 1. The van der Waals surface area contributed by atoms with Crippen LogP contribution >= 0.6 is 34.5 Å². The number of aliphatic carboxylic acids is 1. The Bertz CT molecular complexity index is 1360. The van der Waals surface area contributed by atoms with Crippen LogP contribution in [0.5, 0.6) is 0 Å². The number of benzene rings is 2. The molecule has 0 bridgehead atoms. The molecule has 2 aromatic heterocycles. The van der Waals surface area contributed by atoms with E-state index in [1.807, 2.05) is 23.7 Å². The van der Waals surface area contributed by atoms with E-state index in [1.165, 1.54) is 23.5 Å². The quantitative estimate of drug-likeness (QED) is 0.270. The SMILES string of the molecule is C[C@H](c1ccc(C(=O)NCCC(=O)O)s1)n1nc(-c2cc(Cl)cc(Cl)c2)cc1-c1ccc(F)cc1. The van der Waals surface area contributed by atoms with Crippen molar-refractivity contribution >= 4 is 46.4 Å². The van der Waals surface area contributed by atoms with Crippen molar-refractivity contribution in [3.05, 3.63) is 86.3 Å². The number of thiophene rings is 1. The lowest BCUT2D eigenvalue weighted by Gasteiger charge is -2.14. The average molecular weight is 532 g/mol. The molecule has 2 N–H and O–H groups in total. The third kappa shape index (κ3) is 5.90. The number of carboxylic acid groups (broad SMARTS) is 1. The van der Waals surface area contributed by atoms with Gasteiger partial charge in [-0.25, -0.2) is 4.39 Å². The van der Waals surface area contributed by atoms with Crippen molar-refractivity contribution in [3.8, 4) is 22.5 Å². The van der Waals surface area contributed by atoms with Crippen LogP contribution in [0.25, 0.3) is 22.5 Å². The van der Waals surface area contributed by atoms with Crippen LogP contribution in [0.4, 0.5) is 4.39 Å². The summed E-state index contributed by atoms with van der Waals surface area (Å²) in [5, 5.41) is 17.1. The number of aromatic nitrogens is 2. The molecule has 2 heterocycles. The number of nitrogens with zero attached hydrogens (tertiary/aromatic N) is 2. The minimum absolute atomic E-state index is 0.0520. The van der Waals surface area contributed by atoms with Crippen LogP contribution in [0.15, 0.2) is 60.7 Å². The van der Waals surface area contributed by atoms with Gasteiger partial charge in [0.15, 0.2) is 0 Å². The molecule has 0 radical (unpaired) electrons. The Hall–Kier alpha value is -3.20. The molecule has 0 unspecified atom stereocenters. The van der Waals surface area contributed by atoms with Gasteiger partial charge >= 0.3 is 5.97 Å². The van der Waals surface area contributed by atoms with Crippen LogP contribution in [0.2, 0.25) is 10.0 Å². The Morgan fingerprint density at radius 2 is 1.74 bits per heavy atom. The molecule has 0 spiro atoms. The maximum absolute atomic E-state index is 13.6. The molecule has 1 atom stereocenters. The predicted molar refractivity (Wildman–Crippen MR) is 136 cm³/mol. The van der Waals surface area contributed by atoms with Crippen LogP contribution in [-0.4, -0.2) is 33.3 Å². The summed E-state index contributed by atoms with van der Waals surface area (Å²) in [7, 11) is 0. The normalized spacial score (nSPS) is 11.9. The van der Waals surface area contributed by atoms with Crippen molar-refractivity contribution < 1.29 is 19.1 Å². The van der Waals surface area contributed by atoms with Gasteiger partial charge in [-0.15, -0.1) is 11.3 Å². The number of carbonyl (C=O) groups excluding carboxylic acids is 1. The highest BCUT2D eigenvalue weighted by atomic mass is 35.5. The van der Waals surface area contributed by atoms with Gasteiger partial charge in [-0.05, 0) is 67.6 Å². The third-order valence-corrected chi connectivity index (χ3v) is 6.98. The fraction of sp³-hybridized carbons (Fsp3) is 0.160. The van der Waals surface area contributed by atoms with Crippen molar-refractivity contribution in [1.29, 1.82) is 0 Å². The molecule has 2 aromatic carbocycles. The van der Waals surface area contributed by atoms with Crippen LogP contribution in [0.1, 0.15) is 33.9 Å². The summed E-state index contributed by atoms with van der Waals surface area (Å²) in [5.74, 6) is -1.65. The summed E-state index contributed by atoms with van der Waals surface area (Å²) in [6.07, 6.45) is -0.148. The van der Waals surface area contributed by atoms with Crippen molar-refractivity contribution in [2.24, 2.45) is 0 Å². The van der Waals surface area contributed by atoms with Gasteiger partial charge in [0.2, 0.25) is 0 Å². The summed E-state index contributed by atoms with van der Waals surface area (Å²) in [4.78, 5) is 24.4. The first-order chi connectivity index (χ1) is 16.7. The molecule has 0 aliphatic rings. The highest BCUT2D eigenvalue weighted by Gasteiger charge is 2.20. The second-order valence-corrected chi connectivity index (χ2v) is 9.79. The van der Waals surface area contributed by atoms with E-state index in [9.17, 15) is 14.0 Å². The van der Waals surface area contributed by atoms with Gasteiger partial charge in [-0.1, -0.05) is 23.2 Å². The molecular weight excluding hydrogens is 512 g/mol. The molecule has 180 valence electrons. The Balaban J connectivity index is 1.69. The number of hydrogen-bond donors (Lipinski definition) is 2. The molecule has 6 nitrogen and oxygen atoms in total. The molecule has 10 heteroatoms. The third-order valence-electron chi connectivity index (χ3n) is 5.29. The molecule has 0 saturated carbocycles. The van der Waals surface area contributed by atoms with Crippen molar-refractivity contribution in [2.75, 3.05) is 6.54 Å². The lowest BCUT2D eigenvalue weighted by molar-refractivity contribution is -0.136. The first kappa shape index (κ1) is 24.9. The van der Waals surface area contributed by atoms with E-state index in [1.54, 1.807) is 36.4 Å². The molecule has 4 rings (SSSR count). The molecule has 0 aliphatic carbocycles. The van der Waals surface area contributed by atoms with E-state index in [2.05, 4.69) is 5.32 Å². The Morgan fingerprint density at radius 3 is 2.40 bits per heavy atom. The van der Waals surface area contributed by atoms with Gasteiger partial charge in [0, 0.05) is 32.6 Å². The minimum Gasteiger partial charge on any atom is -0.481 e. The maximum atomic E-state index is 13.6. The highest BCUT2D eigenvalue weighted by molar-refractivity contribution is 7.14. The largest absolute Gasteiger partial charge is 0.481 e. The van der Waals surface area contributed by atoms with E-state index in [0.717, 1.165) is 21.7 Å². The van der Waals surface area contributed by atoms with Crippen LogP contribution in [0.3, 0.4) is 0 Å². The predicted octanol–water partition coefficient (Wildman–Crippen LogP) is 6.54. The molecule has 4 aromatic rings. The number of hydrogen-bond acceptors (Lipinski definition) is 4. The molecule has 35 heavy (non-hydrogen) atoms. The van der Waals surface area contributed by atoms with Gasteiger partial charge in [0.25, 0.3) is 5.91 Å². The molecule has 0 saturated heterocycles. The van der Waals surface area contributed by atoms with Crippen LogP contribution in [-0.2, 0) is 4.79 Å². The van der Waals surface area contributed by atoms with Crippen molar-refractivity contribution in [2.45, 2.75) is 19.4 Å².